The summed E-state index contributed by atoms with van der Waals surface area (Å²) < 4.78 is 32.6. The van der Waals surface area contributed by atoms with E-state index in [1.54, 1.807) is 30.3 Å². The Morgan fingerprint density at radius 1 is 1.00 bits per heavy atom. The van der Waals surface area contributed by atoms with E-state index in [2.05, 4.69) is 10.3 Å². The zero-order chi connectivity index (χ0) is 18.9. The van der Waals surface area contributed by atoms with Crippen molar-refractivity contribution in [2.24, 2.45) is 0 Å². The van der Waals surface area contributed by atoms with Gasteiger partial charge >= 0.3 is 0 Å². The second-order valence-corrected chi connectivity index (χ2v) is 8.36. The summed E-state index contributed by atoms with van der Waals surface area (Å²) in [5.74, 6) is 0.648. The number of rotatable bonds is 4. The van der Waals surface area contributed by atoms with Crippen LogP contribution >= 0.6 is 0 Å². The zero-order valence-corrected chi connectivity index (χ0v) is 15.9. The first-order valence-corrected chi connectivity index (χ1v) is 10.4. The topological polar surface area (TPSA) is 75.4 Å². The Balaban J connectivity index is 1.88. The second kappa shape index (κ2) is 7.17. The van der Waals surface area contributed by atoms with Crippen molar-refractivity contribution in [2.45, 2.75) is 16.8 Å². The highest BCUT2D eigenvalue weighted by Gasteiger charge is 2.32. The molecule has 27 heavy (non-hydrogen) atoms. The molecule has 140 valence electrons. The molecule has 0 aliphatic carbocycles. The SMILES string of the molecule is Cc1ccccc1-c1nc(S(=O)(=O)c2ccccc2)c(N2CCNCC2)o1. The molecule has 1 aliphatic rings. The maximum absolute atomic E-state index is 13.3. The van der Waals surface area contributed by atoms with Crippen molar-refractivity contribution in [1.29, 1.82) is 0 Å². The second-order valence-electron chi connectivity index (χ2n) is 6.50. The number of aryl methyl sites for hydroxylation is 1. The Bertz CT molecular complexity index is 1040. The molecule has 1 N–H and O–H groups in total. The maximum atomic E-state index is 13.3. The first-order valence-electron chi connectivity index (χ1n) is 8.90. The number of anilines is 1. The van der Waals surface area contributed by atoms with E-state index in [1.807, 2.05) is 36.1 Å². The van der Waals surface area contributed by atoms with E-state index in [0.717, 1.165) is 24.2 Å². The largest absolute Gasteiger partial charge is 0.419 e. The van der Waals surface area contributed by atoms with E-state index in [0.29, 0.717) is 24.9 Å². The molecule has 2 heterocycles. The van der Waals surface area contributed by atoms with Gasteiger partial charge in [0.1, 0.15) is 0 Å². The van der Waals surface area contributed by atoms with Gasteiger partial charge in [0.15, 0.2) is 0 Å². The molecule has 1 saturated heterocycles. The van der Waals surface area contributed by atoms with Gasteiger partial charge in [-0.15, -0.1) is 0 Å². The zero-order valence-electron chi connectivity index (χ0n) is 15.1. The first-order chi connectivity index (χ1) is 13.1. The van der Waals surface area contributed by atoms with E-state index in [1.165, 1.54) is 0 Å². The normalized spacial score (nSPS) is 15.1. The third-order valence-corrected chi connectivity index (χ3v) is 6.33. The Labute approximate surface area is 158 Å². The van der Waals surface area contributed by atoms with Gasteiger partial charge in [-0.05, 0) is 30.7 Å². The van der Waals surface area contributed by atoms with Crippen LogP contribution in [-0.4, -0.2) is 39.6 Å². The minimum absolute atomic E-state index is 0.0196. The predicted octanol–water partition coefficient (Wildman–Crippen LogP) is 2.89. The van der Waals surface area contributed by atoms with Crippen molar-refractivity contribution >= 4 is 15.7 Å². The van der Waals surface area contributed by atoms with E-state index >= 15 is 0 Å². The molecule has 0 unspecified atom stereocenters. The van der Waals surface area contributed by atoms with Crippen LogP contribution in [0.3, 0.4) is 0 Å². The molecule has 4 rings (SSSR count). The number of hydrogen-bond donors (Lipinski definition) is 1. The van der Waals surface area contributed by atoms with Crippen LogP contribution in [0.2, 0.25) is 0 Å². The number of benzene rings is 2. The van der Waals surface area contributed by atoms with Gasteiger partial charge in [-0.25, -0.2) is 8.42 Å². The van der Waals surface area contributed by atoms with Gasteiger partial charge in [-0.3, -0.25) is 0 Å². The number of nitrogens with zero attached hydrogens (tertiary/aromatic N) is 2. The Hall–Kier alpha value is -2.64. The lowest BCUT2D eigenvalue weighted by atomic mass is 10.1. The Kier molecular flexibility index (Phi) is 4.72. The van der Waals surface area contributed by atoms with Crippen molar-refractivity contribution in [3.05, 3.63) is 60.2 Å². The fourth-order valence-electron chi connectivity index (χ4n) is 3.18. The Morgan fingerprint density at radius 3 is 2.37 bits per heavy atom. The van der Waals surface area contributed by atoms with Gasteiger partial charge in [-0.1, -0.05) is 36.4 Å². The summed E-state index contributed by atoms with van der Waals surface area (Å²) in [5.41, 5.74) is 1.78. The van der Waals surface area contributed by atoms with Gasteiger partial charge in [-0.2, -0.15) is 4.98 Å². The number of hydrogen-bond acceptors (Lipinski definition) is 6. The van der Waals surface area contributed by atoms with E-state index < -0.39 is 9.84 Å². The molecule has 3 aromatic rings. The highest BCUT2D eigenvalue weighted by molar-refractivity contribution is 7.91. The van der Waals surface area contributed by atoms with E-state index in [4.69, 9.17) is 4.42 Å². The summed E-state index contributed by atoms with van der Waals surface area (Å²) in [5, 5.41) is 3.25. The monoisotopic (exact) mass is 383 g/mol. The van der Waals surface area contributed by atoms with Crippen LogP contribution in [-0.2, 0) is 9.84 Å². The third kappa shape index (κ3) is 3.36. The summed E-state index contributed by atoms with van der Waals surface area (Å²) >= 11 is 0. The van der Waals surface area contributed by atoms with Crippen LogP contribution < -0.4 is 10.2 Å². The average molecular weight is 383 g/mol. The molecule has 0 amide bonds. The van der Waals surface area contributed by atoms with Crippen LogP contribution in [0, 0.1) is 6.92 Å². The average Bonchev–Trinajstić information content (AvgIpc) is 3.16. The van der Waals surface area contributed by atoms with Crippen molar-refractivity contribution in [2.75, 3.05) is 31.1 Å². The molecule has 1 fully saturated rings. The summed E-state index contributed by atoms with van der Waals surface area (Å²) in [6.07, 6.45) is 0. The van der Waals surface area contributed by atoms with E-state index in [-0.39, 0.29) is 9.92 Å². The maximum Gasteiger partial charge on any atom is 0.236 e. The molecule has 1 aliphatic heterocycles. The molecule has 0 radical (unpaired) electrons. The van der Waals surface area contributed by atoms with Crippen LogP contribution in [0.15, 0.2) is 68.9 Å². The molecule has 0 spiro atoms. The van der Waals surface area contributed by atoms with Crippen LogP contribution in [0.1, 0.15) is 5.56 Å². The first kappa shape index (κ1) is 17.8. The summed E-state index contributed by atoms with van der Waals surface area (Å²) in [4.78, 5) is 6.61. The lowest BCUT2D eigenvalue weighted by molar-refractivity contribution is 0.506. The minimum atomic E-state index is -3.79. The quantitative estimate of drug-likeness (QED) is 0.747. The van der Waals surface area contributed by atoms with Crippen LogP contribution in [0.25, 0.3) is 11.5 Å². The van der Waals surface area contributed by atoms with Gasteiger partial charge in [0.05, 0.1) is 4.90 Å². The molecule has 1 aromatic heterocycles. The fraction of sp³-hybridized carbons (Fsp3) is 0.250. The van der Waals surface area contributed by atoms with Crippen molar-refractivity contribution in [3.63, 3.8) is 0 Å². The lowest BCUT2D eigenvalue weighted by Crippen LogP contribution is -2.43. The minimum Gasteiger partial charge on any atom is -0.419 e. The van der Waals surface area contributed by atoms with Crippen molar-refractivity contribution in [1.82, 2.24) is 10.3 Å². The number of oxazole rings is 1. The smallest absolute Gasteiger partial charge is 0.236 e. The van der Waals surface area contributed by atoms with Gasteiger partial charge in [0.25, 0.3) is 0 Å². The lowest BCUT2D eigenvalue weighted by Gasteiger charge is -2.27. The third-order valence-electron chi connectivity index (χ3n) is 4.67. The molecule has 7 heteroatoms. The summed E-state index contributed by atoms with van der Waals surface area (Å²) in [6, 6.07) is 16.0. The van der Waals surface area contributed by atoms with E-state index in [9.17, 15) is 8.42 Å². The molecule has 0 bridgehead atoms. The molecule has 0 saturated carbocycles. The van der Waals surface area contributed by atoms with Crippen molar-refractivity contribution < 1.29 is 12.8 Å². The number of piperazine rings is 1. The highest BCUT2D eigenvalue weighted by atomic mass is 32.2. The molecular formula is C20H21N3O3S. The number of aromatic nitrogens is 1. The van der Waals surface area contributed by atoms with Crippen LogP contribution in [0.4, 0.5) is 5.88 Å². The van der Waals surface area contributed by atoms with Crippen molar-refractivity contribution in [3.8, 4) is 11.5 Å². The fourth-order valence-corrected chi connectivity index (χ4v) is 4.52. The summed E-state index contributed by atoms with van der Waals surface area (Å²) in [7, 11) is -3.79. The standard InChI is InChI=1S/C20H21N3O3S/c1-15-7-5-6-10-17(15)18-22-19(20(26-18)23-13-11-21-12-14-23)27(24,25)16-8-3-2-4-9-16/h2-10,21H,11-14H2,1H3. The highest BCUT2D eigenvalue weighted by Crippen LogP contribution is 2.35. The molecular weight excluding hydrogens is 362 g/mol. The molecule has 6 nitrogen and oxygen atoms in total. The summed E-state index contributed by atoms with van der Waals surface area (Å²) in [6.45, 7) is 4.82. The number of sulfone groups is 1. The van der Waals surface area contributed by atoms with Gasteiger partial charge in [0.2, 0.25) is 26.6 Å². The Morgan fingerprint density at radius 2 is 1.67 bits per heavy atom. The molecule has 0 atom stereocenters. The van der Waals surface area contributed by atoms with Gasteiger partial charge in [0, 0.05) is 31.7 Å². The predicted molar refractivity (Wildman–Crippen MR) is 104 cm³/mol. The molecule has 2 aromatic carbocycles. The number of nitrogens with one attached hydrogen (secondary N) is 1. The van der Waals surface area contributed by atoms with Gasteiger partial charge < -0.3 is 14.6 Å². The van der Waals surface area contributed by atoms with Crippen LogP contribution in [0.5, 0.6) is 0 Å².